The number of carboxylic acids is 1. The van der Waals surface area contributed by atoms with Crippen LogP contribution < -0.4 is 5.73 Å². The number of carboxylic acid groups (broad SMARTS) is 1. The van der Waals surface area contributed by atoms with E-state index in [0.29, 0.717) is 0 Å². The fraction of sp³-hybridized carbons (Fsp3) is 0.429. The third-order valence-electron chi connectivity index (χ3n) is 3.29. The van der Waals surface area contributed by atoms with Gasteiger partial charge in [0.05, 0.1) is 12.6 Å². The van der Waals surface area contributed by atoms with Crippen molar-refractivity contribution in [3.05, 3.63) is 35.9 Å². The number of carbonyl (C=O) groups excluding carboxylic acids is 1. The van der Waals surface area contributed by atoms with E-state index in [9.17, 15) is 30.0 Å². The lowest BCUT2D eigenvalue weighted by Gasteiger charge is -2.27. The normalized spacial score (nSPS) is 18.0. The van der Waals surface area contributed by atoms with Crippen molar-refractivity contribution >= 4 is 11.8 Å². The monoisotopic (exact) mass is 313 g/mol. The summed E-state index contributed by atoms with van der Waals surface area (Å²) >= 11 is 0. The van der Waals surface area contributed by atoms with Gasteiger partial charge in [0.15, 0.2) is 5.78 Å². The molecule has 0 bridgehead atoms. The van der Waals surface area contributed by atoms with Gasteiger partial charge in [-0.3, -0.25) is 9.59 Å². The molecule has 0 spiro atoms. The van der Waals surface area contributed by atoms with Crippen molar-refractivity contribution in [2.24, 2.45) is 5.73 Å². The highest BCUT2D eigenvalue weighted by Crippen LogP contribution is 2.20. The third kappa shape index (κ3) is 4.09. The number of hydrogen-bond donors (Lipinski definition) is 6. The lowest BCUT2D eigenvalue weighted by Crippen LogP contribution is -2.54. The van der Waals surface area contributed by atoms with E-state index in [1.165, 1.54) is 12.1 Å². The van der Waals surface area contributed by atoms with Crippen LogP contribution in [0.25, 0.3) is 0 Å². The first-order chi connectivity index (χ1) is 10.3. The maximum absolute atomic E-state index is 12.2. The molecule has 8 heteroatoms. The van der Waals surface area contributed by atoms with E-state index in [-0.39, 0.29) is 5.56 Å². The van der Waals surface area contributed by atoms with E-state index in [1.807, 2.05) is 0 Å². The molecule has 5 atom stereocenters. The molecule has 7 N–H and O–H groups in total. The second-order valence-corrected chi connectivity index (χ2v) is 4.84. The van der Waals surface area contributed by atoms with Crippen molar-refractivity contribution < 1.29 is 35.1 Å². The molecule has 1 rings (SSSR count). The van der Waals surface area contributed by atoms with E-state index < -0.39 is 48.6 Å². The Labute approximate surface area is 126 Å². The van der Waals surface area contributed by atoms with Gasteiger partial charge in [-0.2, -0.15) is 0 Å². The summed E-state index contributed by atoms with van der Waals surface area (Å²) in [6.45, 7) is -0.847. The molecule has 0 aliphatic carbocycles. The summed E-state index contributed by atoms with van der Waals surface area (Å²) in [5.74, 6) is -4.07. The van der Waals surface area contributed by atoms with E-state index in [4.69, 9.17) is 10.8 Å². The quantitative estimate of drug-likeness (QED) is 0.295. The molecule has 1 aromatic rings. The largest absolute Gasteiger partial charge is 0.480 e. The zero-order valence-corrected chi connectivity index (χ0v) is 11.6. The van der Waals surface area contributed by atoms with Crippen LogP contribution in [0, 0.1) is 0 Å². The fourth-order valence-electron chi connectivity index (χ4n) is 1.98. The number of benzene rings is 1. The molecule has 1 unspecified atom stereocenters. The smallest absolute Gasteiger partial charge is 0.318 e. The average molecular weight is 313 g/mol. The Kier molecular flexibility index (Phi) is 6.60. The van der Waals surface area contributed by atoms with Crippen LogP contribution in [-0.4, -0.2) is 68.2 Å². The van der Waals surface area contributed by atoms with Gasteiger partial charge in [0.25, 0.3) is 0 Å². The van der Waals surface area contributed by atoms with Crippen LogP contribution in [0.2, 0.25) is 0 Å². The maximum atomic E-state index is 12.2. The van der Waals surface area contributed by atoms with E-state index in [1.54, 1.807) is 18.2 Å². The van der Waals surface area contributed by atoms with Gasteiger partial charge >= 0.3 is 5.97 Å². The third-order valence-corrected chi connectivity index (χ3v) is 3.29. The zero-order valence-electron chi connectivity index (χ0n) is 11.6. The van der Waals surface area contributed by atoms with Crippen LogP contribution >= 0.6 is 0 Å². The van der Waals surface area contributed by atoms with Gasteiger partial charge < -0.3 is 31.3 Å². The predicted octanol–water partition coefficient (Wildman–Crippen LogP) is -2.17. The minimum atomic E-state index is -1.92. The summed E-state index contributed by atoms with van der Waals surface area (Å²) in [6.07, 6.45) is -5.50. The number of carbonyl (C=O) groups is 2. The summed E-state index contributed by atoms with van der Waals surface area (Å²) < 4.78 is 0. The summed E-state index contributed by atoms with van der Waals surface area (Å²) in [5.41, 5.74) is 5.69. The molecule has 22 heavy (non-hydrogen) atoms. The maximum Gasteiger partial charge on any atom is 0.318 e. The van der Waals surface area contributed by atoms with Gasteiger partial charge in [-0.25, -0.2) is 0 Å². The number of Topliss-reactive ketones (excluding diaryl/α,β-unsaturated/α-hetero) is 1. The Morgan fingerprint density at radius 3 is 2.05 bits per heavy atom. The van der Waals surface area contributed by atoms with E-state index in [0.717, 1.165) is 0 Å². The highest BCUT2D eigenvalue weighted by Gasteiger charge is 2.39. The summed E-state index contributed by atoms with van der Waals surface area (Å²) in [6, 6.07) is 5.85. The van der Waals surface area contributed by atoms with Crippen LogP contribution in [-0.2, 0) is 9.59 Å². The molecule has 0 radical (unpaired) electrons. The first-order valence-electron chi connectivity index (χ1n) is 6.53. The van der Waals surface area contributed by atoms with Crippen LogP contribution in [0.4, 0.5) is 0 Å². The number of rotatable bonds is 8. The molecule has 0 aliphatic rings. The van der Waals surface area contributed by atoms with Gasteiger partial charge in [-0.1, -0.05) is 30.3 Å². The topological polar surface area (TPSA) is 161 Å². The molecular weight excluding hydrogens is 294 g/mol. The van der Waals surface area contributed by atoms with Crippen LogP contribution in [0.3, 0.4) is 0 Å². The second-order valence-electron chi connectivity index (χ2n) is 4.84. The molecule has 0 saturated carbocycles. The Bertz CT molecular complexity index is 507. The molecular formula is C14H19NO7. The molecule has 0 heterocycles. The summed E-state index contributed by atoms with van der Waals surface area (Å²) in [5, 5.41) is 46.5. The lowest BCUT2D eigenvalue weighted by molar-refractivity contribution is -0.145. The Balaban J connectivity index is 2.98. The minimum Gasteiger partial charge on any atom is -0.480 e. The van der Waals surface area contributed by atoms with Crippen molar-refractivity contribution in [3.8, 4) is 0 Å². The Hall–Kier alpha value is -1.84. The number of ketones is 1. The molecule has 8 nitrogen and oxygen atoms in total. The van der Waals surface area contributed by atoms with Crippen molar-refractivity contribution in [1.82, 2.24) is 0 Å². The second kappa shape index (κ2) is 7.97. The molecule has 0 aliphatic heterocycles. The lowest BCUT2D eigenvalue weighted by atomic mass is 9.87. The molecule has 0 aromatic heterocycles. The highest BCUT2D eigenvalue weighted by atomic mass is 16.4. The fourth-order valence-corrected chi connectivity index (χ4v) is 1.98. The van der Waals surface area contributed by atoms with Crippen molar-refractivity contribution in [1.29, 1.82) is 0 Å². The van der Waals surface area contributed by atoms with Gasteiger partial charge in [0.2, 0.25) is 0 Å². The van der Waals surface area contributed by atoms with Gasteiger partial charge in [-0.15, -0.1) is 0 Å². The summed E-state index contributed by atoms with van der Waals surface area (Å²) in [7, 11) is 0. The molecule has 0 amide bonds. The molecule has 0 saturated heterocycles. The number of nitrogens with two attached hydrogens (primary N) is 1. The van der Waals surface area contributed by atoms with Crippen LogP contribution in [0.15, 0.2) is 30.3 Å². The van der Waals surface area contributed by atoms with Gasteiger partial charge in [0, 0.05) is 0 Å². The number of aliphatic hydroxyl groups is 4. The van der Waals surface area contributed by atoms with E-state index in [2.05, 4.69) is 0 Å². The SMILES string of the molecule is N[C@@H](C(=O)C(C(=O)O)c1ccccc1)[C@@H](O)[C@H](O)[C@H](O)CO. The van der Waals surface area contributed by atoms with Gasteiger partial charge in [0.1, 0.15) is 24.2 Å². The van der Waals surface area contributed by atoms with E-state index >= 15 is 0 Å². The van der Waals surface area contributed by atoms with Crippen LogP contribution in [0.5, 0.6) is 0 Å². The molecule has 122 valence electrons. The van der Waals surface area contributed by atoms with Gasteiger partial charge in [-0.05, 0) is 5.56 Å². The number of hydrogen-bond acceptors (Lipinski definition) is 7. The first kappa shape index (κ1) is 18.2. The predicted molar refractivity (Wildman–Crippen MR) is 74.9 cm³/mol. The Morgan fingerprint density at radius 1 is 1.05 bits per heavy atom. The van der Waals surface area contributed by atoms with Crippen molar-refractivity contribution in [2.45, 2.75) is 30.3 Å². The highest BCUT2D eigenvalue weighted by molar-refractivity contribution is 6.06. The average Bonchev–Trinajstić information content (AvgIpc) is 2.52. The Morgan fingerprint density at radius 2 is 1.59 bits per heavy atom. The summed E-state index contributed by atoms with van der Waals surface area (Å²) in [4.78, 5) is 23.5. The van der Waals surface area contributed by atoms with Crippen molar-refractivity contribution in [2.75, 3.05) is 6.61 Å². The number of aliphatic carboxylic acids is 1. The molecule has 1 aromatic carbocycles. The number of aliphatic hydroxyl groups excluding tert-OH is 4. The zero-order chi connectivity index (χ0) is 16.9. The van der Waals surface area contributed by atoms with Crippen molar-refractivity contribution in [3.63, 3.8) is 0 Å². The first-order valence-corrected chi connectivity index (χ1v) is 6.53. The standard InChI is InChI=1S/C14H19NO7/c15-10(13(20)11(18)8(17)6-16)12(19)9(14(21)22)7-4-2-1-3-5-7/h1-5,8-11,13,16-18,20H,6,15H2,(H,21,22)/t8-,9?,10+,11-,13-/m1/s1. The van der Waals surface area contributed by atoms with Crippen LogP contribution in [0.1, 0.15) is 11.5 Å². The molecule has 0 fully saturated rings. The minimum absolute atomic E-state index is 0.180.